The molecular formula is C37H45N3O7. The van der Waals surface area contributed by atoms with Crippen LogP contribution in [0.15, 0.2) is 84.9 Å². The third-order valence-corrected chi connectivity index (χ3v) is 8.53. The predicted octanol–water partition coefficient (Wildman–Crippen LogP) is 4.67. The second kappa shape index (κ2) is 17.9. The number of amides is 2. The number of aliphatic carboxylic acids is 1. The average molecular weight is 644 g/mol. The highest BCUT2D eigenvalue weighted by Gasteiger charge is 2.46. The number of alkyl carbamates (subject to hydrolysis) is 1. The maximum atomic E-state index is 14.2. The fraction of sp³-hybridized carbons (Fsp3) is 0.405. The Labute approximate surface area is 276 Å². The lowest BCUT2D eigenvalue weighted by atomic mass is 9.89. The van der Waals surface area contributed by atoms with Crippen LogP contribution < -0.4 is 11.1 Å². The Kier molecular flexibility index (Phi) is 13.4. The molecule has 0 radical (unpaired) electrons. The number of carboxylic acids is 1. The Morgan fingerprint density at radius 2 is 1.45 bits per heavy atom. The molecule has 2 amide bonds. The van der Waals surface area contributed by atoms with Crippen molar-refractivity contribution in [2.75, 3.05) is 13.2 Å². The highest BCUT2D eigenvalue weighted by Crippen LogP contribution is 2.31. The second-order valence-electron chi connectivity index (χ2n) is 11.8. The highest BCUT2D eigenvalue weighted by molar-refractivity contribution is 5.91. The normalized spacial score (nSPS) is 14.3. The molecule has 4 N–H and O–H groups in total. The molecule has 10 heteroatoms. The minimum absolute atomic E-state index is 0.0865. The molecule has 250 valence electrons. The molecule has 3 aromatic rings. The molecule has 0 bridgehead atoms. The Bertz CT molecular complexity index is 1440. The molecule has 10 nitrogen and oxygen atoms in total. The lowest BCUT2D eigenvalue weighted by Gasteiger charge is -2.39. The monoisotopic (exact) mass is 643 g/mol. The summed E-state index contributed by atoms with van der Waals surface area (Å²) in [5.41, 5.74) is 10.4. The van der Waals surface area contributed by atoms with Crippen molar-refractivity contribution >= 4 is 23.9 Å². The zero-order chi connectivity index (χ0) is 33.6. The number of nitrogens with zero attached hydrogens (tertiary/aromatic N) is 1. The van der Waals surface area contributed by atoms with Gasteiger partial charge in [-0.05, 0) is 74.1 Å². The number of unbranched alkanes of at least 4 members (excludes halogenated alkanes) is 1. The van der Waals surface area contributed by atoms with Crippen LogP contribution in [0.4, 0.5) is 4.79 Å². The fourth-order valence-corrected chi connectivity index (χ4v) is 6.15. The van der Waals surface area contributed by atoms with Crippen molar-refractivity contribution in [2.45, 2.75) is 76.6 Å². The first kappa shape index (κ1) is 35.2. The van der Waals surface area contributed by atoms with Gasteiger partial charge < -0.3 is 30.5 Å². The van der Waals surface area contributed by atoms with Crippen molar-refractivity contribution in [1.29, 1.82) is 0 Å². The van der Waals surface area contributed by atoms with Crippen LogP contribution in [0, 0.1) is 5.92 Å². The number of rotatable bonds is 17. The quantitative estimate of drug-likeness (QED) is 0.142. The molecule has 1 aliphatic carbocycles. The minimum atomic E-state index is -1.46. The van der Waals surface area contributed by atoms with Crippen LogP contribution in [0.2, 0.25) is 0 Å². The summed E-state index contributed by atoms with van der Waals surface area (Å²) >= 11 is 0. The molecule has 0 aromatic heterocycles. The molecule has 4 rings (SSSR count). The third-order valence-electron chi connectivity index (χ3n) is 8.53. The van der Waals surface area contributed by atoms with Gasteiger partial charge in [-0.25, -0.2) is 9.59 Å². The summed E-state index contributed by atoms with van der Waals surface area (Å²) in [6, 6.07) is 23.7. The topological polar surface area (TPSA) is 148 Å². The van der Waals surface area contributed by atoms with E-state index in [2.05, 4.69) is 5.32 Å². The zero-order valence-corrected chi connectivity index (χ0v) is 26.9. The van der Waals surface area contributed by atoms with Gasteiger partial charge in [-0.2, -0.15) is 0 Å². The molecule has 0 saturated carbocycles. The van der Waals surface area contributed by atoms with Crippen molar-refractivity contribution in [2.24, 2.45) is 11.7 Å². The molecule has 0 aliphatic heterocycles. The van der Waals surface area contributed by atoms with Crippen LogP contribution in [0.1, 0.15) is 54.9 Å². The Morgan fingerprint density at radius 1 is 0.851 bits per heavy atom. The van der Waals surface area contributed by atoms with Crippen LogP contribution >= 0.6 is 0 Å². The first-order valence-electron chi connectivity index (χ1n) is 16.3. The number of hydrogen-bond donors (Lipinski definition) is 3. The fourth-order valence-electron chi connectivity index (χ4n) is 6.15. The van der Waals surface area contributed by atoms with Gasteiger partial charge in [0.15, 0.2) is 0 Å². The van der Waals surface area contributed by atoms with Crippen molar-refractivity contribution in [3.63, 3.8) is 0 Å². The molecule has 3 aromatic carbocycles. The largest absolute Gasteiger partial charge is 0.480 e. The Hall–Kier alpha value is -4.70. The number of carbonyl (C=O) groups excluding carboxylic acids is 3. The number of benzene rings is 3. The highest BCUT2D eigenvalue weighted by atomic mass is 16.5. The number of nitrogens with two attached hydrogens (primary N) is 1. The van der Waals surface area contributed by atoms with Crippen molar-refractivity contribution in [1.82, 2.24) is 10.2 Å². The van der Waals surface area contributed by atoms with E-state index >= 15 is 0 Å². The number of ether oxygens (including phenoxy) is 2. The van der Waals surface area contributed by atoms with Crippen molar-refractivity contribution < 1.29 is 33.8 Å². The van der Waals surface area contributed by atoms with Gasteiger partial charge in [-0.1, -0.05) is 84.9 Å². The smallest absolute Gasteiger partial charge is 0.407 e. The molecule has 1 aliphatic rings. The zero-order valence-electron chi connectivity index (χ0n) is 26.9. The van der Waals surface area contributed by atoms with E-state index in [1.807, 2.05) is 84.9 Å². The lowest BCUT2D eigenvalue weighted by molar-refractivity contribution is -0.164. The van der Waals surface area contributed by atoms with E-state index in [1.54, 1.807) is 6.92 Å². The lowest BCUT2D eigenvalue weighted by Crippen LogP contribution is -2.59. The van der Waals surface area contributed by atoms with Crippen LogP contribution in [0.5, 0.6) is 0 Å². The summed E-state index contributed by atoms with van der Waals surface area (Å²) in [6.45, 7) is 2.25. The summed E-state index contributed by atoms with van der Waals surface area (Å²) in [7, 11) is 0. The van der Waals surface area contributed by atoms with Gasteiger partial charge in [0.2, 0.25) is 5.91 Å². The van der Waals surface area contributed by atoms with Crippen LogP contribution in [0.3, 0.4) is 0 Å². The average Bonchev–Trinajstić information content (AvgIpc) is 3.51. The first-order chi connectivity index (χ1) is 22.8. The molecule has 1 unspecified atom stereocenters. The summed E-state index contributed by atoms with van der Waals surface area (Å²) in [6.07, 6.45) is 2.34. The molecule has 0 spiro atoms. The second-order valence-corrected chi connectivity index (χ2v) is 11.8. The maximum Gasteiger partial charge on any atom is 0.407 e. The van der Waals surface area contributed by atoms with Gasteiger partial charge >= 0.3 is 18.0 Å². The van der Waals surface area contributed by atoms with Gasteiger partial charge in [-0.3, -0.25) is 9.59 Å². The van der Waals surface area contributed by atoms with E-state index < -0.39 is 48.0 Å². The van der Waals surface area contributed by atoms with E-state index in [0.717, 1.165) is 22.3 Å². The van der Waals surface area contributed by atoms with Gasteiger partial charge in [0.05, 0.1) is 18.6 Å². The van der Waals surface area contributed by atoms with E-state index in [-0.39, 0.29) is 26.1 Å². The maximum absolute atomic E-state index is 14.2. The summed E-state index contributed by atoms with van der Waals surface area (Å²) in [4.78, 5) is 54.1. The minimum Gasteiger partial charge on any atom is -0.480 e. The van der Waals surface area contributed by atoms with Crippen LogP contribution in [-0.2, 0) is 49.7 Å². The van der Waals surface area contributed by atoms with Crippen LogP contribution in [0.25, 0.3) is 0 Å². The third kappa shape index (κ3) is 10.1. The summed E-state index contributed by atoms with van der Waals surface area (Å²) < 4.78 is 10.6. The molecule has 47 heavy (non-hydrogen) atoms. The van der Waals surface area contributed by atoms with Crippen molar-refractivity contribution in [3.8, 4) is 0 Å². The van der Waals surface area contributed by atoms with Gasteiger partial charge in [-0.15, -0.1) is 0 Å². The number of nitrogens with one attached hydrogen (secondary N) is 1. The molecule has 0 saturated heterocycles. The van der Waals surface area contributed by atoms with E-state index in [0.29, 0.717) is 38.6 Å². The molecular weight excluding hydrogens is 598 g/mol. The van der Waals surface area contributed by atoms with Gasteiger partial charge in [0.1, 0.15) is 12.6 Å². The number of aryl methyl sites for hydroxylation is 1. The SMILES string of the molecule is CCOC(=O)[C@@H](CCc1ccccc1)C(C(=O)O)N(C(=O)[C@@H](N)CCCCNC(=O)OCc1ccccc1)C1Cc2ccccc2C1. The standard InChI is InChI=1S/C37H45N3O7/c1-2-46-36(44)31(21-20-26-13-5-3-6-14-26)33(35(42)43)40(30-23-28-17-9-10-18-29(28)24-30)34(41)32(38)19-11-12-22-39-37(45)47-25-27-15-7-4-8-16-27/h3-10,13-18,30-33H,2,11-12,19-25,38H2,1H3,(H,39,45)(H,42,43)/t31-,32-,33?/m0/s1. The number of carboxylic acid groups (broad SMARTS) is 1. The summed E-state index contributed by atoms with van der Waals surface area (Å²) in [5, 5.41) is 13.4. The van der Waals surface area contributed by atoms with E-state index in [1.165, 1.54) is 4.90 Å². The van der Waals surface area contributed by atoms with E-state index in [9.17, 15) is 24.3 Å². The summed E-state index contributed by atoms with van der Waals surface area (Å²) in [5.74, 6) is -3.54. The number of hydrogen-bond acceptors (Lipinski definition) is 7. The number of fused-ring (bicyclic) bond motifs is 1. The van der Waals surface area contributed by atoms with E-state index in [4.69, 9.17) is 15.2 Å². The van der Waals surface area contributed by atoms with Crippen molar-refractivity contribution in [3.05, 3.63) is 107 Å². The number of esters is 1. The predicted molar refractivity (Wildman–Crippen MR) is 177 cm³/mol. The number of carbonyl (C=O) groups is 4. The van der Waals surface area contributed by atoms with Gasteiger partial charge in [0, 0.05) is 12.6 Å². The Balaban J connectivity index is 1.45. The Morgan fingerprint density at radius 3 is 2.04 bits per heavy atom. The molecule has 3 atom stereocenters. The van der Waals surface area contributed by atoms with Gasteiger partial charge in [0.25, 0.3) is 0 Å². The first-order valence-corrected chi connectivity index (χ1v) is 16.3. The molecule has 0 fully saturated rings. The van der Waals surface area contributed by atoms with Crippen LogP contribution in [-0.4, -0.2) is 65.2 Å². The molecule has 0 heterocycles.